The third kappa shape index (κ3) is 1.59. The van der Waals surface area contributed by atoms with Gasteiger partial charge >= 0.3 is 0 Å². The Morgan fingerprint density at radius 2 is 2.17 bits per heavy atom. The molecule has 0 aliphatic rings. The average Bonchev–Trinajstić information content (AvgIpc) is 2.91. The van der Waals surface area contributed by atoms with E-state index in [1.54, 1.807) is 12.4 Å². The number of pyridine rings is 1. The Kier molecular flexibility index (Phi) is 2.56. The third-order valence-corrected chi connectivity index (χ3v) is 3.69. The fourth-order valence-electron chi connectivity index (χ4n) is 2.17. The van der Waals surface area contributed by atoms with Crippen molar-refractivity contribution in [3.63, 3.8) is 0 Å². The highest BCUT2D eigenvalue weighted by molar-refractivity contribution is 7.14. The quantitative estimate of drug-likeness (QED) is 0.767. The van der Waals surface area contributed by atoms with E-state index < -0.39 is 0 Å². The molecule has 3 aromatic rings. The summed E-state index contributed by atoms with van der Waals surface area (Å²) in [6.45, 7) is 4.29. The highest BCUT2D eigenvalue weighted by Crippen LogP contribution is 2.33. The first-order valence-electron chi connectivity index (χ1n) is 5.83. The molecule has 0 saturated carbocycles. The zero-order valence-corrected chi connectivity index (χ0v) is 11.1. The highest BCUT2D eigenvalue weighted by Gasteiger charge is 2.17. The number of nitrogens with two attached hydrogens (primary N) is 1. The van der Waals surface area contributed by atoms with Gasteiger partial charge in [-0.3, -0.25) is 4.98 Å². The molecule has 2 N–H and O–H groups in total. The van der Waals surface area contributed by atoms with E-state index in [1.165, 1.54) is 11.3 Å². The smallest absolute Gasteiger partial charge is 0.144 e. The summed E-state index contributed by atoms with van der Waals surface area (Å²) >= 11 is 1.54. The number of fused-ring (bicyclic) bond motifs is 1. The summed E-state index contributed by atoms with van der Waals surface area (Å²) in [6.07, 6.45) is 3.59. The van der Waals surface area contributed by atoms with Gasteiger partial charge in [0.15, 0.2) is 0 Å². The molecule has 0 aliphatic heterocycles. The molecule has 3 rings (SSSR count). The minimum Gasteiger partial charge on any atom is -0.390 e. The Morgan fingerprint density at radius 3 is 2.83 bits per heavy atom. The number of thiophene rings is 1. The van der Waals surface area contributed by atoms with E-state index in [4.69, 9.17) is 5.73 Å². The van der Waals surface area contributed by atoms with Crippen molar-refractivity contribution < 1.29 is 0 Å². The van der Waals surface area contributed by atoms with Gasteiger partial charge in [0, 0.05) is 12.2 Å². The van der Waals surface area contributed by atoms with E-state index in [2.05, 4.69) is 28.4 Å². The molecule has 5 heteroatoms. The standard InChI is InChI=1S/C13H14N4S/c1-8(2)17-11-3-5-15-7-10(11)16-13(17)9-4-6-18-12(9)14/h3-8H,14H2,1-2H3. The zero-order valence-electron chi connectivity index (χ0n) is 10.3. The van der Waals surface area contributed by atoms with Crippen LogP contribution in [0.2, 0.25) is 0 Å². The lowest BCUT2D eigenvalue weighted by Gasteiger charge is -2.12. The summed E-state index contributed by atoms with van der Waals surface area (Å²) in [7, 11) is 0. The molecule has 0 radical (unpaired) electrons. The SMILES string of the molecule is CC(C)n1c(-c2ccsc2N)nc2cnccc21. The first-order chi connectivity index (χ1) is 8.68. The average molecular weight is 258 g/mol. The molecule has 0 bridgehead atoms. The van der Waals surface area contributed by atoms with E-state index in [-0.39, 0.29) is 0 Å². The number of hydrogen-bond acceptors (Lipinski definition) is 4. The van der Waals surface area contributed by atoms with Crippen LogP contribution >= 0.6 is 11.3 Å². The maximum absolute atomic E-state index is 6.01. The van der Waals surface area contributed by atoms with Crippen molar-refractivity contribution in [1.82, 2.24) is 14.5 Å². The molecule has 0 saturated heterocycles. The summed E-state index contributed by atoms with van der Waals surface area (Å²) in [4.78, 5) is 8.79. The number of anilines is 1. The Bertz CT molecular complexity index is 696. The lowest BCUT2D eigenvalue weighted by Crippen LogP contribution is -2.03. The monoisotopic (exact) mass is 258 g/mol. The minimum atomic E-state index is 0.326. The van der Waals surface area contributed by atoms with Crippen molar-refractivity contribution in [1.29, 1.82) is 0 Å². The normalized spacial score (nSPS) is 11.5. The Morgan fingerprint density at radius 1 is 1.33 bits per heavy atom. The first-order valence-corrected chi connectivity index (χ1v) is 6.71. The molecule has 18 heavy (non-hydrogen) atoms. The van der Waals surface area contributed by atoms with Crippen molar-refractivity contribution in [3.8, 4) is 11.4 Å². The fourth-order valence-corrected chi connectivity index (χ4v) is 2.81. The molecule has 0 unspecified atom stereocenters. The summed E-state index contributed by atoms with van der Waals surface area (Å²) in [5.41, 5.74) is 9.02. The zero-order chi connectivity index (χ0) is 12.7. The number of hydrogen-bond donors (Lipinski definition) is 1. The largest absolute Gasteiger partial charge is 0.390 e. The number of nitrogen functional groups attached to an aromatic ring is 1. The highest BCUT2D eigenvalue weighted by atomic mass is 32.1. The number of aromatic nitrogens is 3. The van der Waals surface area contributed by atoms with Crippen LogP contribution in [-0.2, 0) is 0 Å². The third-order valence-electron chi connectivity index (χ3n) is 2.94. The van der Waals surface area contributed by atoms with Crippen LogP contribution in [-0.4, -0.2) is 14.5 Å². The Hall–Kier alpha value is -1.88. The summed E-state index contributed by atoms with van der Waals surface area (Å²) in [6, 6.07) is 4.34. The van der Waals surface area contributed by atoms with Gasteiger partial charge in [-0.1, -0.05) is 0 Å². The van der Waals surface area contributed by atoms with Crippen molar-refractivity contribution in [2.24, 2.45) is 0 Å². The van der Waals surface area contributed by atoms with Crippen molar-refractivity contribution >= 4 is 27.4 Å². The first kappa shape index (κ1) is 11.2. The lowest BCUT2D eigenvalue weighted by atomic mass is 10.2. The molecule has 0 spiro atoms. The van der Waals surface area contributed by atoms with Crippen molar-refractivity contribution in [2.45, 2.75) is 19.9 Å². The van der Waals surface area contributed by atoms with Gasteiger partial charge in [-0.25, -0.2) is 4.98 Å². The van der Waals surface area contributed by atoms with Crippen molar-refractivity contribution in [3.05, 3.63) is 29.9 Å². The van der Waals surface area contributed by atoms with Crippen LogP contribution in [0.15, 0.2) is 29.9 Å². The summed E-state index contributed by atoms with van der Waals surface area (Å²) < 4.78 is 2.20. The molecule has 0 amide bonds. The predicted octanol–water partition coefficient (Wildman–Crippen LogP) is 3.32. The van der Waals surface area contributed by atoms with Gasteiger partial charge in [0.1, 0.15) is 11.3 Å². The maximum Gasteiger partial charge on any atom is 0.144 e. The van der Waals surface area contributed by atoms with Gasteiger partial charge in [-0.2, -0.15) is 0 Å². The minimum absolute atomic E-state index is 0.326. The summed E-state index contributed by atoms with van der Waals surface area (Å²) in [5.74, 6) is 0.923. The van der Waals surface area contributed by atoms with E-state index in [1.807, 2.05) is 17.5 Å². The van der Waals surface area contributed by atoms with Gasteiger partial charge in [0.2, 0.25) is 0 Å². The van der Waals surface area contributed by atoms with Crippen LogP contribution in [0.3, 0.4) is 0 Å². The number of imidazole rings is 1. The molecule has 3 heterocycles. The van der Waals surface area contributed by atoms with Crippen molar-refractivity contribution in [2.75, 3.05) is 5.73 Å². The second-order valence-corrected chi connectivity index (χ2v) is 5.41. The van der Waals surface area contributed by atoms with E-state index in [0.717, 1.165) is 27.4 Å². The van der Waals surface area contributed by atoms with Crippen LogP contribution in [0.4, 0.5) is 5.00 Å². The van der Waals surface area contributed by atoms with Crippen LogP contribution < -0.4 is 5.73 Å². The molecule has 92 valence electrons. The van der Waals surface area contributed by atoms with Crippen LogP contribution in [0, 0.1) is 0 Å². The molecule has 0 aliphatic carbocycles. The molecular weight excluding hydrogens is 244 g/mol. The lowest BCUT2D eigenvalue weighted by molar-refractivity contribution is 0.624. The number of nitrogens with zero attached hydrogens (tertiary/aromatic N) is 3. The topological polar surface area (TPSA) is 56.7 Å². The van der Waals surface area contributed by atoms with Crippen LogP contribution in [0.1, 0.15) is 19.9 Å². The van der Waals surface area contributed by atoms with Crippen LogP contribution in [0.25, 0.3) is 22.4 Å². The maximum atomic E-state index is 6.01. The fraction of sp³-hybridized carbons (Fsp3) is 0.231. The van der Waals surface area contributed by atoms with Gasteiger partial charge in [-0.05, 0) is 31.4 Å². The summed E-state index contributed by atoms with van der Waals surface area (Å²) in [5, 5.41) is 2.80. The van der Waals surface area contributed by atoms with E-state index in [9.17, 15) is 0 Å². The van der Waals surface area contributed by atoms with Gasteiger partial charge in [-0.15, -0.1) is 11.3 Å². The Balaban J connectivity index is 2.35. The molecule has 3 aromatic heterocycles. The second kappa shape index (κ2) is 4.10. The molecule has 4 nitrogen and oxygen atoms in total. The molecule has 0 fully saturated rings. The molecule has 0 atom stereocenters. The van der Waals surface area contributed by atoms with E-state index in [0.29, 0.717) is 6.04 Å². The van der Waals surface area contributed by atoms with Gasteiger partial charge in [0.25, 0.3) is 0 Å². The van der Waals surface area contributed by atoms with Crippen LogP contribution in [0.5, 0.6) is 0 Å². The van der Waals surface area contributed by atoms with E-state index >= 15 is 0 Å². The Labute approximate surface area is 109 Å². The number of rotatable bonds is 2. The van der Waals surface area contributed by atoms with Gasteiger partial charge < -0.3 is 10.3 Å². The van der Waals surface area contributed by atoms with Gasteiger partial charge in [0.05, 0.1) is 22.3 Å². The predicted molar refractivity (Wildman–Crippen MR) is 75.6 cm³/mol. The molecule has 0 aromatic carbocycles. The second-order valence-electron chi connectivity index (χ2n) is 4.46. The molecular formula is C13H14N4S.